The Bertz CT molecular complexity index is 896. The minimum absolute atomic E-state index is 0.00467. The summed E-state index contributed by atoms with van der Waals surface area (Å²) < 4.78 is 16.0. The molecule has 1 unspecified atom stereocenters. The molecule has 1 saturated carbocycles. The first-order chi connectivity index (χ1) is 16.6. The molecule has 0 radical (unpaired) electrons. The van der Waals surface area contributed by atoms with Crippen molar-refractivity contribution in [3.05, 3.63) is 18.2 Å². The average molecular weight is 508 g/mol. The van der Waals surface area contributed by atoms with Crippen LogP contribution in [0.3, 0.4) is 0 Å². The van der Waals surface area contributed by atoms with Crippen LogP contribution in [-0.2, 0) is 14.3 Å². The number of carbonyl (C=O) groups is 3. The molecule has 9 nitrogen and oxygen atoms in total. The van der Waals surface area contributed by atoms with E-state index in [0.29, 0.717) is 36.1 Å². The third-order valence-corrected chi connectivity index (χ3v) is 6.68. The van der Waals surface area contributed by atoms with Crippen LogP contribution in [-0.4, -0.2) is 54.9 Å². The van der Waals surface area contributed by atoms with Crippen LogP contribution in [0.5, 0.6) is 11.5 Å². The summed E-state index contributed by atoms with van der Waals surface area (Å²) >= 11 is 1.62. The average Bonchev–Trinajstić information content (AvgIpc) is 3.27. The molecule has 1 aliphatic heterocycles. The van der Waals surface area contributed by atoms with Crippen molar-refractivity contribution in [1.82, 2.24) is 10.6 Å². The second-order valence-electron chi connectivity index (χ2n) is 10.0. The molecule has 10 heteroatoms. The lowest BCUT2D eigenvalue weighted by Crippen LogP contribution is -2.49. The molecule has 1 fully saturated rings. The van der Waals surface area contributed by atoms with Crippen LogP contribution in [0.25, 0.3) is 0 Å². The Kier molecular flexibility index (Phi) is 9.54. The number of thioether (sulfide) groups is 1. The number of benzene rings is 1. The van der Waals surface area contributed by atoms with Gasteiger partial charge in [0, 0.05) is 24.2 Å². The van der Waals surface area contributed by atoms with E-state index < -0.39 is 17.7 Å². The van der Waals surface area contributed by atoms with Crippen molar-refractivity contribution in [2.45, 2.75) is 64.5 Å². The van der Waals surface area contributed by atoms with E-state index in [4.69, 9.17) is 14.2 Å². The summed E-state index contributed by atoms with van der Waals surface area (Å²) in [6.45, 7) is 6.09. The molecular formula is C25H37N3O6S. The summed E-state index contributed by atoms with van der Waals surface area (Å²) in [7, 11) is 0. The maximum atomic E-state index is 12.8. The molecular weight excluding hydrogens is 470 g/mol. The van der Waals surface area contributed by atoms with Crippen LogP contribution in [0.2, 0.25) is 0 Å². The predicted octanol–water partition coefficient (Wildman–Crippen LogP) is 3.92. The minimum Gasteiger partial charge on any atom is -0.454 e. The lowest BCUT2D eigenvalue weighted by molar-refractivity contribution is -0.124. The van der Waals surface area contributed by atoms with Crippen LogP contribution < -0.4 is 25.4 Å². The third kappa shape index (κ3) is 8.52. The number of hydrogen-bond donors (Lipinski definition) is 3. The highest BCUT2D eigenvalue weighted by Gasteiger charge is 2.29. The zero-order valence-corrected chi connectivity index (χ0v) is 21.8. The smallest absolute Gasteiger partial charge is 0.408 e. The first kappa shape index (κ1) is 27.0. The normalized spacial score (nSPS) is 20.0. The van der Waals surface area contributed by atoms with Crippen LogP contribution in [0.15, 0.2) is 18.2 Å². The van der Waals surface area contributed by atoms with Gasteiger partial charge in [-0.1, -0.05) is 0 Å². The summed E-state index contributed by atoms with van der Waals surface area (Å²) in [5.41, 5.74) is 0.0700. The number of alkyl carbamates (subject to hydrolysis) is 1. The Morgan fingerprint density at radius 2 is 1.83 bits per heavy atom. The van der Waals surface area contributed by atoms with Crippen molar-refractivity contribution < 1.29 is 28.6 Å². The molecule has 2 aliphatic rings. The van der Waals surface area contributed by atoms with Gasteiger partial charge in [0.25, 0.3) is 0 Å². The van der Waals surface area contributed by atoms with Gasteiger partial charge in [0.1, 0.15) is 11.6 Å². The van der Waals surface area contributed by atoms with E-state index >= 15 is 0 Å². The summed E-state index contributed by atoms with van der Waals surface area (Å²) in [6, 6.07) is 4.74. The molecule has 1 aromatic carbocycles. The molecule has 3 N–H and O–H groups in total. The van der Waals surface area contributed by atoms with E-state index in [2.05, 4.69) is 16.0 Å². The molecule has 0 bridgehead atoms. The molecule has 35 heavy (non-hydrogen) atoms. The fraction of sp³-hybridized carbons (Fsp3) is 0.640. The maximum absolute atomic E-state index is 12.8. The van der Waals surface area contributed by atoms with Crippen molar-refractivity contribution in [3.63, 3.8) is 0 Å². The van der Waals surface area contributed by atoms with E-state index in [1.807, 2.05) is 12.3 Å². The van der Waals surface area contributed by atoms with Crippen molar-refractivity contribution in [1.29, 1.82) is 0 Å². The topological polar surface area (TPSA) is 115 Å². The van der Waals surface area contributed by atoms with Gasteiger partial charge in [0.2, 0.25) is 18.6 Å². The number of carbonyl (C=O) groups excluding carboxylic acids is 3. The maximum Gasteiger partial charge on any atom is 0.408 e. The molecule has 0 saturated heterocycles. The number of anilines is 1. The highest BCUT2D eigenvalue weighted by Crippen LogP contribution is 2.35. The highest BCUT2D eigenvalue weighted by molar-refractivity contribution is 7.98. The molecule has 3 rings (SSSR count). The van der Waals surface area contributed by atoms with Gasteiger partial charge < -0.3 is 30.2 Å². The number of rotatable bonds is 9. The van der Waals surface area contributed by atoms with E-state index in [-0.39, 0.29) is 24.5 Å². The van der Waals surface area contributed by atoms with Gasteiger partial charge in [-0.05, 0) is 82.9 Å². The number of hydrogen-bond acceptors (Lipinski definition) is 7. The van der Waals surface area contributed by atoms with Crippen molar-refractivity contribution >= 4 is 35.4 Å². The van der Waals surface area contributed by atoms with Gasteiger partial charge in [-0.15, -0.1) is 0 Å². The zero-order chi connectivity index (χ0) is 25.4. The molecule has 0 aromatic heterocycles. The van der Waals surface area contributed by atoms with Gasteiger partial charge in [-0.25, -0.2) is 4.79 Å². The van der Waals surface area contributed by atoms with Gasteiger partial charge in [-0.2, -0.15) is 11.8 Å². The predicted molar refractivity (Wildman–Crippen MR) is 136 cm³/mol. The molecule has 1 aliphatic carbocycles. The second kappa shape index (κ2) is 12.4. The fourth-order valence-corrected chi connectivity index (χ4v) is 4.64. The van der Waals surface area contributed by atoms with Crippen LogP contribution >= 0.6 is 11.8 Å². The van der Waals surface area contributed by atoms with Crippen molar-refractivity contribution in [3.8, 4) is 11.5 Å². The van der Waals surface area contributed by atoms with Gasteiger partial charge in [0.15, 0.2) is 11.5 Å². The first-order valence-corrected chi connectivity index (χ1v) is 13.5. The standard InChI is InChI=1S/C25H37N3O6S/c1-25(2,3)34-24(31)28-19(11-12-35-4)23(30)26-14-16-5-7-17(8-6-16)22(29)27-18-9-10-20-21(13-18)33-15-32-20/h9-10,13,16-17,19H,5-8,11-12,14-15H2,1-4H3,(H,26,30)(H,27,29)(H,28,31). The largest absolute Gasteiger partial charge is 0.454 e. The number of ether oxygens (including phenoxy) is 3. The summed E-state index contributed by atoms with van der Waals surface area (Å²) in [5, 5.41) is 8.67. The quantitative estimate of drug-likeness (QED) is 0.464. The van der Waals surface area contributed by atoms with Crippen molar-refractivity contribution in [2.75, 3.05) is 30.7 Å². The third-order valence-electron chi connectivity index (χ3n) is 6.04. The van der Waals surface area contributed by atoms with Gasteiger partial charge in [-0.3, -0.25) is 9.59 Å². The Labute approximate surface area is 211 Å². The SMILES string of the molecule is CSCCC(NC(=O)OC(C)(C)C)C(=O)NCC1CCC(C(=O)Nc2ccc3c(c2)OCO3)CC1. The molecule has 3 amide bonds. The van der Waals surface area contributed by atoms with E-state index in [1.165, 1.54) is 0 Å². The molecule has 1 atom stereocenters. The zero-order valence-electron chi connectivity index (χ0n) is 21.0. The summed E-state index contributed by atoms with van der Waals surface area (Å²) in [5.74, 6) is 2.11. The van der Waals surface area contributed by atoms with E-state index in [1.54, 1.807) is 44.7 Å². The van der Waals surface area contributed by atoms with Gasteiger partial charge >= 0.3 is 6.09 Å². The van der Waals surface area contributed by atoms with Gasteiger partial charge in [0.05, 0.1) is 0 Å². The van der Waals surface area contributed by atoms with Crippen molar-refractivity contribution in [2.24, 2.45) is 11.8 Å². The van der Waals surface area contributed by atoms with Crippen LogP contribution in [0.1, 0.15) is 52.9 Å². The molecule has 0 spiro atoms. The minimum atomic E-state index is -0.638. The van der Waals surface area contributed by atoms with Crippen LogP contribution in [0.4, 0.5) is 10.5 Å². The monoisotopic (exact) mass is 507 g/mol. The van der Waals surface area contributed by atoms with E-state index in [9.17, 15) is 14.4 Å². The highest BCUT2D eigenvalue weighted by atomic mass is 32.2. The molecule has 1 aromatic rings. The molecule has 1 heterocycles. The first-order valence-electron chi connectivity index (χ1n) is 12.1. The second-order valence-corrected chi connectivity index (χ2v) is 11.0. The number of fused-ring (bicyclic) bond motifs is 1. The Balaban J connectivity index is 1.42. The number of nitrogens with one attached hydrogen (secondary N) is 3. The Hall–Kier alpha value is -2.62. The summed E-state index contributed by atoms with van der Waals surface area (Å²) in [6.07, 6.45) is 5.14. The van der Waals surface area contributed by atoms with E-state index in [0.717, 1.165) is 31.4 Å². The Morgan fingerprint density at radius 3 is 2.51 bits per heavy atom. The van der Waals surface area contributed by atoms with Crippen LogP contribution in [0, 0.1) is 11.8 Å². The lowest BCUT2D eigenvalue weighted by atomic mass is 9.81. The Morgan fingerprint density at radius 1 is 1.11 bits per heavy atom. The fourth-order valence-electron chi connectivity index (χ4n) is 4.17. The molecule has 194 valence electrons. The summed E-state index contributed by atoms with van der Waals surface area (Å²) in [4.78, 5) is 37.7. The number of amides is 3. The lowest BCUT2D eigenvalue weighted by Gasteiger charge is -2.28.